The Bertz CT molecular complexity index is 1320. The van der Waals surface area contributed by atoms with Gasteiger partial charge in [0.15, 0.2) is 6.61 Å². The fraction of sp³-hybridized carbons (Fsp3) is 0.125. The van der Waals surface area contributed by atoms with Crippen molar-refractivity contribution < 1.29 is 22.7 Å². The first-order valence-electron chi connectivity index (χ1n) is 10.1. The summed E-state index contributed by atoms with van der Waals surface area (Å²) in [6.45, 7) is -0.472. The number of carbonyl (C=O) groups excluding carboxylic acids is 2. The number of anilines is 2. The van der Waals surface area contributed by atoms with Gasteiger partial charge in [-0.1, -0.05) is 41.9 Å². The SMILES string of the molecule is N#CCCN(C(=O)COC(=O)c1cccc(NS(=O)(=O)c2ccccc2)c1)c1cccc(Cl)c1. The lowest BCUT2D eigenvalue weighted by atomic mass is 10.2. The van der Waals surface area contributed by atoms with Gasteiger partial charge in [0, 0.05) is 22.9 Å². The van der Waals surface area contributed by atoms with Crippen molar-refractivity contribution in [3.63, 3.8) is 0 Å². The van der Waals surface area contributed by atoms with E-state index in [2.05, 4.69) is 4.72 Å². The van der Waals surface area contributed by atoms with Crippen molar-refractivity contribution in [3.8, 4) is 6.07 Å². The van der Waals surface area contributed by atoms with Crippen LogP contribution < -0.4 is 9.62 Å². The number of halogens is 1. The third-order valence-electron chi connectivity index (χ3n) is 4.60. The molecule has 0 atom stereocenters. The largest absolute Gasteiger partial charge is 0.452 e. The molecule has 0 unspecified atom stereocenters. The molecule has 3 aromatic rings. The van der Waals surface area contributed by atoms with Crippen molar-refractivity contribution in [1.82, 2.24) is 0 Å². The minimum atomic E-state index is -3.84. The third kappa shape index (κ3) is 6.57. The van der Waals surface area contributed by atoms with Crippen molar-refractivity contribution in [2.75, 3.05) is 22.8 Å². The highest BCUT2D eigenvalue weighted by atomic mass is 35.5. The van der Waals surface area contributed by atoms with Gasteiger partial charge in [-0.15, -0.1) is 0 Å². The number of ether oxygens (including phenoxy) is 1. The second-order valence-electron chi connectivity index (χ2n) is 7.01. The molecular weight excluding hydrogens is 478 g/mol. The van der Waals surface area contributed by atoms with Crippen LogP contribution in [0.4, 0.5) is 11.4 Å². The molecule has 0 aliphatic heterocycles. The maximum atomic E-state index is 12.7. The molecule has 34 heavy (non-hydrogen) atoms. The monoisotopic (exact) mass is 497 g/mol. The van der Waals surface area contributed by atoms with E-state index in [1.165, 1.54) is 41.3 Å². The van der Waals surface area contributed by atoms with Crippen LogP contribution in [0.3, 0.4) is 0 Å². The highest BCUT2D eigenvalue weighted by Gasteiger charge is 2.19. The van der Waals surface area contributed by atoms with Gasteiger partial charge in [0.1, 0.15) is 0 Å². The molecule has 1 amide bonds. The molecule has 0 aliphatic carbocycles. The van der Waals surface area contributed by atoms with Crippen LogP contribution in [0.5, 0.6) is 0 Å². The number of hydrogen-bond acceptors (Lipinski definition) is 6. The van der Waals surface area contributed by atoms with Gasteiger partial charge >= 0.3 is 5.97 Å². The molecule has 3 rings (SSSR count). The molecule has 0 heterocycles. The molecule has 0 saturated carbocycles. The predicted octanol–water partition coefficient (Wildman–Crippen LogP) is 4.24. The standard InChI is InChI=1S/C24H20ClN3O5S/c25-19-8-5-10-21(16-19)28(14-6-13-26)23(29)17-33-24(30)18-7-4-9-20(15-18)27-34(31,32)22-11-2-1-3-12-22/h1-5,7-12,15-16,27H,6,14,17H2. The quantitative estimate of drug-likeness (QED) is 0.442. The zero-order chi connectivity index (χ0) is 24.6. The van der Waals surface area contributed by atoms with Gasteiger partial charge in [0.25, 0.3) is 15.9 Å². The Balaban J connectivity index is 1.68. The van der Waals surface area contributed by atoms with E-state index in [1.807, 2.05) is 6.07 Å². The molecule has 0 spiro atoms. The molecule has 3 aromatic carbocycles. The summed E-state index contributed by atoms with van der Waals surface area (Å²) in [5.41, 5.74) is 0.702. The molecule has 1 N–H and O–H groups in total. The second kappa shape index (κ2) is 11.3. The van der Waals surface area contributed by atoms with Gasteiger partial charge in [-0.25, -0.2) is 13.2 Å². The van der Waals surface area contributed by atoms with Crippen molar-refractivity contribution in [3.05, 3.63) is 89.4 Å². The summed E-state index contributed by atoms with van der Waals surface area (Å²) >= 11 is 6.00. The topological polar surface area (TPSA) is 117 Å². The highest BCUT2D eigenvalue weighted by Crippen LogP contribution is 2.21. The molecule has 0 bridgehead atoms. The summed E-state index contributed by atoms with van der Waals surface area (Å²) in [5, 5.41) is 9.31. The number of carbonyl (C=O) groups is 2. The second-order valence-corrected chi connectivity index (χ2v) is 9.13. The molecular formula is C24H20ClN3O5S. The van der Waals surface area contributed by atoms with Crippen LogP contribution in [0.25, 0.3) is 0 Å². The Labute approximate surface area is 202 Å². The Hall–Kier alpha value is -3.87. The van der Waals surface area contributed by atoms with Gasteiger partial charge < -0.3 is 9.64 Å². The Morgan fingerprint density at radius 3 is 2.44 bits per heavy atom. The Morgan fingerprint density at radius 2 is 1.74 bits per heavy atom. The average Bonchev–Trinajstić information content (AvgIpc) is 2.83. The number of hydrogen-bond donors (Lipinski definition) is 1. The summed E-state index contributed by atoms with van der Waals surface area (Å²) in [5.74, 6) is -1.34. The Kier molecular flexibility index (Phi) is 8.24. The van der Waals surface area contributed by atoms with E-state index in [4.69, 9.17) is 21.6 Å². The first-order valence-corrected chi connectivity index (χ1v) is 11.9. The molecule has 10 heteroatoms. The van der Waals surface area contributed by atoms with Crippen LogP contribution in [0.2, 0.25) is 5.02 Å². The van der Waals surface area contributed by atoms with Gasteiger partial charge in [-0.3, -0.25) is 9.52 Å². The summed E-state index contributed by atoms with van der Waals surface area (Å²) < 4.78 is 32.6. The fourth-order valence-electron chi connectivity index (χ4n) is 3.02. The van der Waals surface area contributed by atoms with Crippen molar-refractivity contribution in [2.45, 2.75) is 11.3 Å². The van der Waals surface area contributed by atoms with E-state index < -0.39 is 28.5 Å². The molecule has 0 aromatic heterocycles. The van der Waals surface area contributed by atoms with Crippen molar-refractivity contribution in [2.24, 2.45) is 0 Å². The number of sulfonamides is 1. The van der Waals surface area contributed by atoms with Crippen LogP contribution in [-0.4, -0.2) is 33.4 Å². The minimum absolute atomic E-state index is 0.0624. The summed E-state index contributed by atoms with van der Waals surface area (Å²) in [6.07, 6.45) is 0.0792. The van der Waals surface area contributed by atoms with Crippen LogP contribution in [0.1, 0.15) is 16.8 Å². The minimum Gasteiger partial charge on any atom is -0.452 e. The molecule has 174 valence electrons. The number of nitriles is 1. The first-order chi connectivity index (χ1) is 16.3. The van der Waals surface area contributed by atoms with Gasteiger partial charge in [-0.2, -0.15) is 5.26 Å². The van der Waals surface area contributed by atoms with Crippen LogP contribution in [0, 0.1) is 11.3 Å². The maximum Gasteiger partial charge on any atom is 0.338 e. The van der Waals surface area contributed by atoms with E-state index in [0.717, 1.165) is 0 Å². The van der Waals surface area contributed by atoms with Gasteiger partial charge in [0.05, 0.1) is 22.9 Å². The van der Waals surface area contributed by atoms with E-state index in [9.17, 15) is 18.0 Å². The zero-order valence-corrected chi connectivity index (χ0v) is 19.4. The molecule has 0 radical (unpaired) electrons. The number of benzene rings is 3. The van der Waals surface area contributed by atoms with E-state index in [1.54, 1.807) is 42.5 Å². The average molecular weight is 498 g/mol. The molecule has 0 aliphatic rings. The third-order valence-corrected chi connectivity index (χ3v) is 6.23. The van der Waals surface area contributed by atoms with Crippen molar-refractivity contribution >= 4 is 44.9 Å². The number of esters is 1. The van der Waals surface area contributed by atoms with Crippen molar-refractivity contribution in [1.29, 1.82) is 5.26 Å². The lowest BCUT2D eigenvalue weighted by molar-refractivity contribution is -0.121. The normalized spacial score (nSPS) is 10.7. The summed E-state index contributed by atoms with van der Waals surface area (Å²) in [7, 11) is -3.84. The van der Waals surface area contributed by atoms with Gasteiger partial charge in [0.2, 0.25) is 0 Å². The smallest absolute Gasteiger partial charge is 0.338 e. The Morgan fingerprint density at radius 1 is 1.00 bits per heavy atom. The van der Waals surface area contributed by atoms with Gasteiger partial charge in [-0.05, 0) is 48.5 Å². The molecule has 8 nitrogen and oxygen atoms in total. The predicted molar refractivity (Wildman–Crippen MR) is 128 cm³/mol. The highest BCUT2D eigenvalue weighted by molar-refractivity contribution is 7.92. The number of nitrogens with zero attached hydrogens (tertiary/aromatic N) is 2. The fourth-order valence-corrected chi connectivity index (χ4v) is 4.27. The van der Waals surface area contributed by atoms with Crippen LogP contribution >= 0.6 is 11.6 Å². The lowest BCUT2D eigenvalue weighted by Crippen LogP contribution is -2.35. The number of amides is 1. The van der Waals surface area contributed by atoms with E-state index >= 15 is 0 Å². The molecule has 0 saturated heterocycles. The zero-order valence-electron chi connectivity index (χ0n) is 17.8. The number of rotatable bonds is 9. The van der Waals surface area contributed by atoms with E-state index in [0.29, 0.717) is 10.7 Å². The van der Waals surface area contributed by atoms with E-state index in [-0.39, 0.29) is 29.1 Å². The number of nitrogens with one attached hydrogen (secondary N) is 1. The summed E-state index contributed by atoms with van der Waals surface area (Å²) in [4.78, 5) is 26.6. The first kappa shape index (κ1) is 24.8. The lowest BCUT2D eigenvalue weighted by Gasteiger charge is -2.22. The molecule has 0 fully saturated rings. The maximum absolute atomic E-state index is 12.7. The van der Waals surface area contributed by atoms with Crippen LogP contribution in [-0.2, 0) is 19.6 Å². The summed E-state index contributed by atoms with van der Waals surface area (Å²) in [6, 6.07) is 22.1. The van der Waals surface area contributed by atoms with Crippen LogP contribution in [0.15, 0.2) is 83.8 Å².